The van der Waals surface area contributed by atoms with Crippen LogP contribution in [0.15, 0.2) is 12.3 Å². The number of carbonyl (C=O) groups is 1. The fourth-order valence-electron chi connectivity index (χ4n) is 2.22. The molecule has 1 aliphatic rings. The van der Waals surface area contributed by atoms with Crippen LogP contribution >= 0.6 is 0 Å². The maximum absolute atomic E-state index is 12.6. The van der Waals surface area contributed by atoms with Gasteiger partial charge >= 0.3 is 0 Å². The van der Waals surface area contributed by atoms with E-state index in [0.717, 1.165) is 24.3 Å². The van der Waals surface area contributed by atoms with Gasteiger partial charge in [0.2, 0.25) is 0 Å². The van der Waals surface area contributed by atoms with Crippen molar-refractivity contribution in [1.29, 1.82) is 5.26 Å². The second kappa shape index (κ2) is 7.04. The van der Waals surface area contributed by atoms with Crippen LogP contribution < -0.4 is 5.32 Å². The van der Waals surface area contributed by atoms with Gasteiger partial charge in [0, 0.05) is 25.0 Å². The lowest BCUT2D eigenvalue weighted by Gasteiger charge is -2.30. The number of aromatic nitrogens is 1. The van der Waals surface area contributed by atoms with E-state index in [1.807, 2.05) is 13.0 Å². The first-order chi connectivity index (χ1) is 10.2. The van der Waals surface area contributed by atoms with Crippen molar-refractivity contribution in [3.63, 3.8) is 0 Å². The molecule has 2 rings (SSSR count). The summed E-state index contributed by atoms with van der Waals surface area (Å²) in [6.07, 6.45) is 2.03. The minimum absolute atomic E-state index is 0.107. The third-order valence-electron chi connectivity index (χ3n) is 3.33. The summed E-state index contributed by atoms with van der Waals surface area (Å²) in [7, 11) is 0. The average molecular weight is 288 g/mol. The van der Waals surface area contributed by atoms with Gasteiger partial charge in [0.15, 0.2) is 6.10 Å². The number of nitrogens with zero attached hydrogens (tertiary/aromatic N) is 3. The first kappa shape index (κ1) is 15.3. The van der Waals surface area contributed by atoms with Crippen LogP contribution in [-0.4, -0.2) is 48.1 Å². The molecule has 1 amide bonds. The van der Waals surface area contributed by atoms with Crippen LogP contribution in [0.5, 0.6) is 0 Å². The number of carbonyl (C=O) groups excluding carboxylic acids is 1. The van der Waals surface area contributed by atoms with E-state index in [1.54, 1.807) is 11.1 Å². The minimum Gasteiger partial charge on any atom is -0.384 e. The fraction of sp³-hybridized carbons (Fsp3) is 0.533. The van der Waals surface area contributed by atoms with Crippen molar-refractivity contribution in [3.8, 4) is 6.07 Å². The largest absolute Gasteiger partial charge is 0.384 e. The van der Waals surface area contributed by atoms with Crippen molar-refractivity contribution in [2.75, 3.05) is 31.6 Å². The molecule has 1 N–H and O–H groups in total. The molecular weight excluding hydrogens is 268 g/mol. The maximum atomic E-state index is 12.6. The summed E-state index contributed by atoms with van der Waals surface area (Å²) in [6, 6.07) is 3.93. The number of hydrogen-bond acceptors (Lipinski definition) is 5. The van der Waals surface area contributed by atoms with E-state index in [2.05, 4.69) is 23.3 Å². The van der Waals surface area contributed by atoms with Gasteiger partial charge in [-0.2, -0.15) is 5.26 Å². The second-order valence-electron chi connectivity index (χ2n) is 5.04. The standard InChI is InChI=1S/C15H20N4O2/c1-3-4-17-14-7-11(2)18-9-13(14)15(20)19-5-6-21-12(8-16)10-19/h7,9,12H,3-6,10H2,1-2H3,(H,17,18). The number of nitrogens with one attached hydrogen (secondary N) is 1. The molecular formula is C15H20N4O2. The molecule has 1 fully saturated rings. The van der Waals surface area contributed by atoms with E-state index in [9.17, 15) is 4.79 Å². The van der Waals surface area contributed by atoms with Crippen LogP contribution in [0.2, 0.25) is 0 Å². The molecule has 0 aromatic carbocycles. The zero-order valence-electron chi connectivity index (χ0n) is 12.4. The van der Waals surface area contributed by atoms with Crippen molar-refractivity contribution in [2.45, 2.75) is 26.4 Å². The molecule has 1 saturated heterocycles. The van der Waals surface area contributed by atoms with Gasteiger partial charge < -0.3 is 15.0 Å². The monoisotopic (exact) mass is 288 g/mol. The average Bonchev–Trinajstić information content (AvgIpc) is 2.52. The number of hydrogen-bond donors (Lipinski definition) is 1. The third kappa shape index (κ3) is 3.70. The van der Waals surface area contributed by atoms with Crippen molar-refractivity contribution in [3.05, 3.63) is 23.5 Å². The summed E-state index contributed by atoms with van der Waals surface area (Å²) in [4.78, 5) is 18.5. The molecule has 6 nitrogen and oxygen atoms in total. The third-order valence-corrected chi connectivity index (χ3v) is 3.33. The molecule has 1 aromatic rings. The van der Waals surface area contributed by atoms with Crippen LogP contribution in [0.1, 0.15) is 29.4 Å². The van der Waals surface area contributed by atoms with E-state index in [-0.39, 0.29) is 5.91 Å². The van der Waals surface area contributed by atoms with Crippen LogP contribution in [0.3, 0.4) is 0 Å². The summed E-state index contributed by atoms with van der Waals surface area (Å²) in [5.74, 6) is -0.107. The molecule has 0 aliphatic carbocycles. The molecule has 0 bridgehead atoms. The van der Waals surface area contributed by atoms with Crippen LogP contribution in [0.25, 0.3) is 0 Å². The molecule has 0 radical (unpaired) electrons. The van der Waals surface area contributed by atoms with E-state index in [4.69, 9.17) is 10.00 Å². The SMILES string of the molecule is CCCNc1cc(C)ncc1C(=O)N1CCOC(C#N)C1. The van der Waals surface area contributed by atoms with Gasteiger partial charge in [-0.25, -0.2) is 0 Å². The Balaban J connectivity index is 2.20. The lowest BCUT2D eigenvalue weighted by atomic mass is 10.1. The Morgan fingerprint density at radius 2 is 2.48 bits per heavy atom. The summed E-state index contributed by atoms with van der Waals surface area (Å²) >= 11 is 0. The topological polar surface area (TPSA) is 78.2 Å². The molecule has 0 spiro atoms. The quantitative estimate of drug-likeness (QED) is 0.910. The first-order valence-corrected chi connectivity index (χ1v) is 7.16. The van der Waals surface area contributed by atoms with Crippen molar-refractivity contribution >= 4 is 11.6 Å². The Bertz CT molecular complexity index is 553. The highest BCUT2D eigenvalue weighted by molar-refractivity contribution is 5.99. The summed E-state index contributed by atoms with van der Waals surface area (Å²) in [5, 5.41) is 12.2. The number of morpholine rings is 1. The predicted octanol–water partition coefficient (Wildman–Crippen LogP) is 1.58. The normalized spacial score (nSPS) is 18.1. The smallest absolute Gasteiger partial charge is 0.257 e. The minimum atomic E-state index is -0.548. The Labute approximate surface area is 124 Å². The van der Waals surface area contributed by atoms with E-state index in [1.165, 1.54) is 0 Å². The predicted molar refractivity (Wildman–Crippen MR) is 79.0 cm³/mol. The van der Waals surface area contributed by atoms with Gasteiger partial charge in [0.05, 0.1) is 30.5 Å². The molecule has 2 heterocycles. The van der Waals surface area contributed by atoms with Crippen molar-refractivity contribution in [1.82, 2.24) is 9.88 Å². The Morgan fingerprint density at radius 1 is 1.67 bits per heavy atom. The van der Waals surface area contributed by atoms with Crippen molar-refractivity contribution < 1.29 is 9.53 Å². The number of amides is 1. The van der Waals surface area contributed by atoms with Crippen LogP contribution in [0.4, 0.5) is 5.69 Å². The van der Waals surface area contributed by atoms with Gasteiger partial charge in [-0.05, 0) is 19.4 Å². The lowest BCUT2D eigenvalue weighted by Crippen LogP contribution is -2.45. The van der Waals surface area contributed by atoms with Crippen LogP contribution in [-0.2, 0) is 4.74 Å². The zero-order valence-corrected chi connectivity index (χ0v) is 12.4. The number of ether oxygens (including phenoxy) is 1. The Kier molecular flexibility index (Phi) is 5.12. The molecule has 6 heteroatoms. The number of pyridine rings is 1. The first-order valence-electron chi connectivity index (χ1n) is 7.16. The fourth-order valence-corrected chi connectivity index (χ4v) is 2.22. The number of rotatable bonds is 4. The maximum Gasteiger partial charge on any atom is 0.257 e. The Hall–Kier alpha value is -2.13. The molecule has 1 unspecified atom stereocenters. The molecule has 21 heavy (non-hydrogen) atoms. The van der Waals surface area contributed by atoms with E-state index < -0.39 is 6.10 Å². The Morgan fingerprint density at radius 3 is 3.19 bits per heavy atom. The van der Waals surface area contributed by atoms with E-state index >= 15 is 0 Å². The second-order valence-corrected chi connectivity index (χ2v) is 5.04. The highest BCUT2D eigenvalue weighted by Gasteiger charge is 2.26. The van der Waals surface area contributed by atoms with Gasteiger partial charge in [-0.3, -0.25) is 9.78 Å². The van der Waals surface area contributed by atoms with Crippen molar-refractivity contribution in [2.24, 2.45) is 0 Å². The molecule has 0 saturated carbocycles. The summed E-state index contributed by atoms with van der Waals surface area (Å²) < 4.78 is 5.27. The van der Waals surface area contributed by atoms with E-state index in [0.29, 0.717) is 25.3 Å². The molecule has 1 atom stereocenters. The van der Waals surface area contributed by atoms with Gasteiger partial charge in [0.25, 0.3) is 5.91 Å². The lowest BCUT2D eigenvalue weighted by molar-refractivity contribution is 0.00349. The molecule has 1 aliphatic heterocycles. The molecule has 1 aromatic heterocycles. The van der Waals surface area contributed by atoms with Gasteiger partial charge in [-0.1, -0.05) is 6.92 Å². The molecule has 112 valence electrons. The number of nitriles is 1. The zero-order chi connectivity index (χ0) is 15.2. The summed E-state index contributed by atoms with van der Waals surface area (Å²) in [6.45, 7) is 5.96. The number of aryl methyl sites for hydroxylation is 1. The summed E-state index contributed by atoms with van der Waals surface area (Å²) in [5.41, 5.74) is 2.21. The highest BCUT2D eigenvalue weighted by Crippen LogP contribution is 2.19. The van der Waals surface area contributed by atoms with Gasteiger partial charge in [0.1, 0.15) is 0 Å². The number of anilines is 1. The van der Waals surface area contributed by atoms with Crippen LogP contribution in [0, 0.1) is 18.3 Å². The van der Waals surface area contributed by atoms with Gasteiger partial charge in [-0.15, -0.1) is 0 Å². The highest BCUT2D eigenvalue weighted by atomic mass is 16.5.